The molecule has 0 saturated carbocycles. The van der Waals surface area contributed by atoms with Crippen molar-refractivity contribution < 1.29 is 128 Å². The third kappa shape index (κ3) is 19.7. The van der Waals surface area contributed by atoms with Crippen LogP contribution >= 0.6 is 0 Å². The molecule has 5 amide bonds. The van der Waals surface area contributed by atoms with Crippen LogP contribution in [0.15, 0.2) is 109 Å². The van der Waals surface area contributed by atoms with Crippen LogP contribution in [0.25, 0.3) is 0 Å². The van der Waals surface area contributed by atoms with Gasteiger partial charge in [-0.2, -0.15) is 0 Å². The lowest BCUT2D eigenvalue weighted by Gasteiger charge is -2.46. The molecule has 5 aliphatic rings. The summed E-state index contributed by atoms with van der Waals surface area (Å²) in [6.45, 7) is -2.93. The zero-order chi connectivity index (χ0) is 75.9. The number of aliphatic hydroxyl groups excluding tert-OH is 13. The Balaban J connectivity index is 0.933. The highest BCUT2D eigenvalue weighted by atomic mass is 16.7. The lowest BCUT2D eigenvalue weighted by Crippen LogP contribution is -2.69. The predicted molar refractivity (Wildman–Crippen MR) is 359 cm³/mol. The lowest BCUT2D eigenvalue weighted by atomic mass is 9.92. The lowest BCUT2D eigenvalue weighted by molar-refractivity contribution is -0.353. The molecule has 1 radical (unpaired) electrons. The van der Waals surface area contributed by atoms with E-state index in [1.165, 1.54) is 30.6 Å². The Morgan fingerprint density at radius 1 is 0.610 bits per heavy atom. The molecule has 5 fully saturated rings. The van der Waals surface area contributed by atoms with Gasteiger partial charge in [0.05, 0.1) is 51.7 Å². The van der Waals surface area contributed by atoms with E-state index in [9.17, 15) is 85.6 Å². The predicted octanol–water partition coefficient (Wildman–Crippen LogP) is -9.24. The Kier molecular flexibility index (Phi) is 28.3. The molecular weight excluding hydrogens is 1390 g/mol. The first kappa shape index (κ1) is 80.4. The smallest absolute Gasteiger partial charge is 0.246 e. The summed E-state index contributed by atoms with van der Waals surface area (Å²) >= 11 is 0. The molecule has 105 heavy (non-hydrogen) atoms. The Bertz CT molecular complexity index is 3550. The molecule has 38 nitrogen and oxygen atoms in total. The summed E-state index contributed by atoms with van der Waals surface area (Å²) in [7, 11) is 0. The highest BCUT2D eigenvalue weighted by Crippen LogP contribution is 2.33. The topological polar surface area (TPSA) is 603 Å². The monoisotopic (exact) mass is 1480 g/mol. The molecule has 9 rings (SSSR count). The van der Waals surface area contributed by atoms with E-state index in [1.807, 2.05) is 18.2 Å². The van der Waals surface area contributed by atoms with Gasteiger partial charge in [0.1, 0.15) is 133 Å². The third-order valence-electron chi connectivity index (χ3n) is 18.4. The normalized spacial score (nSPS) is 29.7. The van der Waals surface area contributed by atoms with Gasteiger partial charge in [-0.3, -0.25) is 39.6 Å². The number of hydrogen-bond acceptors (Lipinski definition) is 29. The van der Waals surface area contributed by atoms with Crippen molar-refractivity contribution in [1.29, 1.82) is 10.8 Å². The molecule has 0 spiro atoms. The molecule has 5 aliphatic heterocycles. The van der Waals surface area contributed by atoms with Gasteiger partial charge in [-0.05, 0) is 53.1 Å². The molecule has 0 aliphatic carbocycles. The summed E-state index contributed by atoms with van der Waals surface area (Å²) in [5.41, 5.74) is 7.13. The number of nitrogens with zero attached hydrogens (tertiary/aromatic N) is 1. The average molecular weight is 1480 g/mol. The first-order valence-electron chi connectivity index (χ1n) is 33.5. The summed E-state index contributed by atoms with van der Waals surface area (Å²) in [6.07, 6.45) is -30.4. The number of carbonyl (C=O) groups is 5. The molecule has 573 valence electrons. The maximum Gasteiger partial charge on any atom is 0.246 e. The van der Waals surface area contributed by atoms with Crippen LogP contribution in [-0.4, -0.2) is 312 Å². The molecule has 25 atom stereocenters. The fourth-order valence-electron chi connectivity index (χ4n) is 12.5. The van der Waals surface area contributed by atoms with E-state index in [1.54, 1.807) is 73.7 Å². The second kappa shape index (κ2) is 37.0. The second-order valence-electron chi connectivity index (χ2n) is 25.6. The minimum atomic E-state index is -2.33. The van der Waals surface area contributed by atoms with Crippen molar-refractivity contribution in [2.75, 3.05) is 46.1 Å². The van der Waals surface area contributed by atoms with E-state index < -0.39 is 227 Å². The Morgan fingerprint density at radius 2 is 1.18 bits per heavy atom. The van der Waals surface area contributed by atoms with Gasteiger partial charge in [-0.15, -0.1) is 0 Å². The van der Waals surface area contributed by atoms with Gasteiger partial charge < -0.3 is 153 Å². The summed E-state index contributed by atoms with van der Waals surface area (Å²) in [5.74, 6) is -6.62. The number of amides is 5. The Hall–Kier alpha value is -8.72. The molecule has 4 aromatic rings. The standard InChI is InChI=1S/C67H89N12O26/c1-30(33-8-4-2-5-9-33)45(76-44(84)21-68)60(96)74-38(59(95)77-46(48(85)39-22-71-66(69)75-39)62(98)78-47(61(97)73-34(24-80)25-81)49(86)40-23-72-67(70)79(40)63-55(92)52(89)50(87)41(26-82)102-63)20-31-12-16-37(17-13-31)101-64-57(94)54(91)58(42(27-83)103-64)105-65-56(93)53(90)51(88)43(104-65)29-99-28-32-14-18-36(19-15-32)100-35-10-6-3-7-11-35/h2-19,30,34,38-43,45-58,63-65,80,82-83,85-94H,20-24,26-29,68H2,1H3,(H2,70,72)(H,73,97)(H,74,96)(H,76,84)(H,77,95)(H,78,98)(H3,69,71,75)/t30?,34-,38-,39?,40?,41?,42?,43?,45-,46-,47-,48?,49?,50?,51?,52?,53?,54?,55?,56?,57?,58?,63?,64?,65?/m0/s1. The van der Waals surface area contributed by atoms with E-state index in [0.29, 0.717) is 22.6 Å². The Morgan fingerprint density at radius 3 is 1.81 bits per heavy atom. The molecule has 5 saturated heterocycles. The van der Waals surface area contributed by atoms with Gasteiger partial charge >= 0.3 is 0 Å². The molecule has 0 aromatic heterocycles. The minimum Gasteiger partial charge on any atom is -0.462 e. The molecule has 25 N–H and O–H groups in total. The van der Waals surface area contributed by atoms with Crippen molar-refractivity contribution >= 4 is 47.7 Å². The van der Waals surface area contributed by atoms with Gasteiger partial charge in [0.15, 0.2) is 24.4 Å². The fraction of sp³-hybridized carbons (Fsp3) is 0.522. The number of benzene rings is 4. The number of nitrogens with two attached hydrogens (primary N) is 1. The largest absolute Gasteiger partial charge is 0.462 e. The van der Waals surface area contributed by atoms with Crippen molar-refractivity contribution in [3.05, 3.63) is 126 Å². The second-order valence-corrected chi connectivity index (χ2v) is 25.6. The van der Waals surface area contributed by atoms with Crippen molar-refractivity contribution in [3.8, 4) is 17.2 Å². The SMILES string of the molecule is CC(c1ccccc1)[C@H](NC(=O)CN)C(=O)N[C@@H](Cc1ccc(OC2OC(CO)C(OC3OC(COCc4ccc(Oc5ccccc5)cc4)C(O)C(O)C3O)C(O)C2O)cc1)C(=O)N[C@H](C(=O)N[C@H](C(=O)N[C@H]([C]=O)CO)C(O)C1CNC(=N)N1C1OC(CO)C(O)C(O)C1O)C(O)C1CNC(=N)N1. The molecule has 38 heteroatoms. The van der Waals surface area contributed by atoms with Gasteiger partial charge in [-0.25, -0.2) is 0 Å². The number of guanidine groups is 2. The minimum absolute atomic E-state index is 0.0170. The number of aliphatic hydroxyl groups is 13. The van der Waals surface area contributed by atoms with Crippen molar-refractivity contribution in [2.45, 2.75) is 172 Å². The zero-order valence-corrected chi connectivity index (χ0v) is 56.3. The maximum atomic E-state index is 15.2. The summed E-state index contributed by atoms with van der Waals surface area (Å²) in [4.78, 5) is 84.9. The average Bonchev–Trinajstić information content (AvgIpc) is 1.76. The number of hydrogen-bond donors (Lipinski definition) is 24. The van der Waals surface area contributed by atoms with E-state index >= 15 is 9.59 Å². The maximum absolute atomic E-state index is 15.2. The van der Waals surface area contributed by atoms with Gasteiger partial charge in [-0.1, -0.05) is 79.7 Å². The summed E-state index contributed by atoms with van der Waals surface area (Å²) in [6, 6.07) is 17.1. The van der Waals surface area contributed by atoms with Crippen LogP contribution in [0.3, 0.4) is 0 Å². The first-order valence-corrected chi connectivity index (χ1v) is 33.5. The van der Waals surface area contributed by atoms with Crippen LogP contribution in [0.2, 0.25) is 0 Å². The Labute approximate surface area is 599 Å². The van der Waals surface area contributed by atoms with E-state index in [0.717, 1.165) is 4.90 Å². The molecule has 5 heterocycles. The van der Waals surface area contributed by atoms with Crippen molar-refractivity contribution in [1.82, 2.24) is 47.4 Å². The van der Waals surface area contributed by atoms with E-state index in [2.05, 4.69) is 42.5 Å². The number of nitrogens with one attached hydrogen (secondary N) is 10. The molecule has 0 bridgehead atoms. The van der Waals surface area contributed by atoms with Crippen LogP contribution in [0, 0.1) is 10.8 Å². The van der Waals surface area contributed by atoms with Crippen molar-refractivity contribution in [2.24, 2.45) is 5.73 Å². The van der Waals surface area contributed by atoms with E-state index in [-0.39, 0.29) is 37.0 Å². The van der Waals surface area contributed by atoms with Gasteiger partial charge in [0.2, 0.25) is 42.1 Å². The quantitative estimate of drug-likeness (QED) is 0.0211. The number of carbonyl (C=O) groups excluding carboxylic acids is 6. The molecule has 20 unspecified atom stereocenters. The number of para-hydroxylation sites is 1. The van der Waals surface area contributed by atoms with Gasteiger partial charge in [0, 0.05) is 25.4 Å². The highest BCUT2D eigenvalue weighted by molar-refractivity contribution is 5.97. The highest BCUT2D eigenvalue weighted by Gasteiger charge is 2.54. The van der Waals surface area contributed by atoms with Crippen molar-refractivity contribution in [3.63, 3.8) is 0 Å². The fourth-order valence-corrected chi connectivity index (χ4v) is 12.5. The van der Waals surface area contributed by atoms with Crippen LogP contribution in [0.4, 0.5) is 0 Å². The zero-order valence-electron chi connectivity index (χ0n) is 56.3. The molecule has 4 aromatic carbocycles. The van der Waals surface area contributed by atoms with Gasteiger partial charge in [0.25, 0.3) is 0 Å². The number of rotatable bonds is 33. The first-order chi connectivity index (χ1) is 50.3. The van der Waals surface area contributed by atoms with E-state index in [4.69, 9.17) is 49.7 Å². The third-order valence-corrected chi connectivity index (χ3v) is 18.4. The summed E-state index contributed by atoms with van der Waals surface area (Å²) in [5, 5.41) is 179. The number of ether oxygens (including phenoxy) is 7. The van der Waals surface area contributed by atoms with Crippen LogP contribution in [0.5, 0.6) is 17.2 Å². The van der Waals surface area contributed by atoms with Crippen LogP contribution in [-0.2, 0) is 65.5 Å². The summed E-state index contributed by atoms with van der Waals surface area (Å²) < 4.78 is 40.8. The molecular formula is C67H89N12O26. The van der Waals surface area contributed by atoms with Crippen LogP contribution < -0.4 is 57.7 Å². The van der Waals surface area contributed by atoms with Crippen LogP contribution in [0.1, 0.15) is 29.5 Å².